The molecule has 0 fully saturated rings. The lowest BCUT2D eigenvalue weighted by atomic mass is 10.1. The van der Waals surface area contributed by atoms with Gasteiger partial charge in [-0.1, -0.05) is 0 Å². The van der Waals surface area contributed by atoms with Crippen molar-refractivity contribution in [2.45, 2.75) is 32.7 Å². The topological polar surface area (TPSA) is 61.8 Å². The number of nitrogens with two attached hydrogens (primary N) is 1. The molecule has 0 aliphatic rings. The second-order valence-electron chi connectivity index (χ2n) is 4.62. The summed E-state index contributed by atoms with van der Waals surface area (Å²) < 4.78 is 0. The molecule has 0 bridgehead atoms. The molecule has 80 valence electrons. The maximum atomic E-state index is 8.64. The van der Waals surface area contributed by atoms with Gasteiger partial charge in [-0.3, -0.25) is 0 Å². The van der Waals surface area contributed by atoms with Gasteiger partial charge >= 0.3 is 0 Å². The zero-order chi connectivity index (χ0) is 11.5. The van der Waals surface area contributed by atoms with Crippen LogP contribution in [-0.4, -0.2) is 5.54 Å². The van der Waals surface area contributed by atoms with Crippen molar-refractivity contribution in [3.8, 4) is 6.07 Å². The van der Waals surface area contributed by atoms with E-state index < -0.39 is 0 Å². The van der Waals surface area contributed by atoms with Gasteiger partial charge in [0.1, 0.15) is 0 Å². The zero-order valence-electron chi connectivity index (χ0n) is 9.46. The van der Waals surface area contributed by atoms with Crippen LogP contribution < -0.4 is 11.1 Å². The molecule has 1 rings (SSSR count). The zero-order valence-corrected chi connectivity index (χ0v) is 9.46. The summed E-state index contributed by atoms with van der Waals surface area (Å²) in [5.74, 6) is 0. The second kappa shape index (κ2) is 4.22. The minimum Gasteiger partial charge on any atom is -0.398 e. The fraction of sp³-hybridized carbons (Fsp3) is 0.417. The summed E-state index contributed by atoms with van der Waals surface area (Å²) in [6.45, 7) is 6.27. The van der Waals surface area contributed by atoms with E-state index in [4.69, 9.17) is 11.0 Å². The second-order valence-corrected chi connectivity index (χ2v) is 4.62. The molecule has 0 spiro atoms. The number of nitrogen functional groups attached to an aromatic ring is 1. The van der Waals surface area contributed by atoms with Crippen LogP contribution in [-0.2, 0) is 6.42 Å². The molecule has 0 aliphatic heterocycles. The molecule has 3 nitrogen and oxygen atoms in total. The number of benzene rings is 1. The minimum absolute atomic E-state index is 0.0139. The lowest BCUT2D eigenvalue weighted by Crippen LogP contribution is -2.26. The van der Waals surface area contributed by atoms with E-state index in [1.165, 1.54) is 0 Å². The highest BCUT2D eigenvalue weighted by Gasteiger charge is 2.10. The molecule has 0 saturated heterocycles. The number of nitrogens with one attached hydrogen (secondary N) is 1. The maximum absolute atomic E-state index is 8.64. The molecule has 0 radical (unpaired) electrons. The molecule has 0 atom stereocenters. The van der Waals surface area contributed by atoms with Gasteiger partial charge in [0, 0.05) is 16.9 Å². The molecule has 0 aliphatic carbocycles. The van der Waals surface area contributed by atoms with E-state index in [0.717, 1.165) is 11.3 Å². The summed E-state index contributed by atoms with van der Waals surface area (Å²) in [7, 11) is 0. The summed E-state index contributed by atoms with van der Waals surface area (Å²) in [6, 6.07) is 7.81. The normalized spacial score (nSPS) is 10.8. The van der Waals surface area contributed by atoms with Crippen LogP contribution in [0.15, 0.2) is 18.2 Å². The number of anilines is 2. The molecule has 15 heavy (non-hydrogen) atoms. The molecule has 0 amide bonds. The fourth-order valence-corrected chi connectivity index (χ4v) is 1.35. The van der Waals surface area contributed by atoms with Crippen LogP contribution in [0.3, 0.4) is 0 Å². The summed E-state index contributed by atoms with van der Waals surface area (Å²) in [5.41, 5.74) is 8.33. The first kappa shape index (κ1) is 11.4. The Labute approximate surface area is 90.9 Å². The number of nitrogens with zero attached hydrogens (tertiary/aromatic N) is 1. The fourth-order valence-electron chi connectivity index (χ4n) is 1.35. The van der Waals surface area contributed by atoms with Crippen molar-refractivity contribution in [3.63, 3.8) is 0 Å². The molecule has 0 saturated carbocycles. The van der Waals surface area contributed by atoms with Crippen LogP contribution in [0, 0.1) is 11.3 Å². The highest BCUT2D eigenvalue weighted by Crippen LogP contribution is 2.21. The number of nitriles is 1. The average Bonchev–Trinajstić information content (AvgIpc) is 2.09. The minimum atomic E-state index is 0.0139. The van der Waals surface area contributed by atoms with Gasteiger partial charge in [-0.25, -0.2) is 0 Å². The van der Waals surface area contributed by atoms with Crippen LogP contribution in [0.1, 0.15) is 26.3 Å². The molecule has 1 aromatic rings. The van der Waals surface area contributed by atoms with Crippen LogP contribution in [0.4, 0.5) is 11.4 Å². The molecular weight excluding hydrogens is 186 g/mol. The number of hydrogen-bond acceptors (Lipinski definition) is 3. The van der Waals surface area contributed by atoms with Crippen molar-refractivity contribution < 1.29 is 0 Å². The van der Waals surface area contributed by atoms with E-state index >= 15 is 0 Å². The molecular formula is C12H17N3. The summed E-state index contributed by atoms with van der Waals surface area (Å²) in [6.07, 6.45) is 0.353. The van der Waals surface area contributed by atoms with Crippen LogP contribution >= 0.6 is 0 Å². The molecule has 0 heterocycles. The molecule has 1 aromatic carbocycles. The van der Waals surface area contributed by atoms with E-state index in [1.807, 2.05) is 18.2 Å². The van der Waals surface area contributed by atoms with E-state index in [2.05, 4.69) is 32.2 Å². The van der Waals surface area contributed by atoms with Gasteiger partial charge in [0.25, 0.3) is 0 Å². The van der Waals surface area contributed by atoms with Crippen molar-refractivity contribution >= 4 is 11.4 Å². The van der Waals surface area contributed by atoms with Gasteiger partial charge in [0.15, 0.2) is 0 Å². The maximum Gasteiger partial charge on any atom is 0.0670 e. The molecule has 3 N–H and O–H groups in total. The predicted octanol–water partition coefficient (Wildman–Crippen LogP) is 2.55. The van der Waals surface area contributed by atoms with E-state index in [9.17, 15) is 0 Å². The molecule has 0 unspecified atom stereocenters. The standard InChI is InChI=1S/C12H17N3/c1-12(2,3)15-10-4-5-11(14)9(8-10)6-7-13/h4-5,8,15H,6,14H2,1-3H3. The van der Waals surface area contributed by atoms with E-state index in [1.54, 1.807) is 0 Å². The third kappa shape index (κ3) is 3.51. The largest absolute Gasteiger partial charge is 0.398 e. The molecule has 0 aromatic heterocycles. The average molecular weight is 203 g/mol. The Bertz CT molecular complexity index is 383. The third-order valence-electron chi connectivity index (χ3n) is 1.93. The molecule has 3 heteroatoms. The quantitative estimate of drug-likeness (QED) is 0.726. The number of rotatable bonds is 2. The lowest BCUT2D eigenvalue weighted by molar-refractivity contribution is 0.634. The first-order valence-corrected chi connectivity index (χ1v) is 4.96. The van der Waals surface area contributed by atoms with Gasteiger partial charge in [-0.15, -0.1) is 0 Å². The van der Waals surface area contributed by atoms with Crippen LogP contribution in [0.2, 0.25) is 0 Å². The first-order valence-electron chi connectivity index (χ1n) is 4.96. The van der Waals surface area contributed by atoms with Crippen molar-refractivity contribution in [2.75, 3.05) is 11.1 Å². The Hall–Kier alpha value is -1.69. The first-order chi connectivity index (χ1) is 6.92. The highest BCUT2D eigenvalue weighted by molar-refractivity contribution is 5.58. The highest BCUT2D eigenvalue weighted by atomic mass is 14.9. The third-order valence-corrected chi connectivity index (χ3v) is 1.93. The Morgan fingerprint density at radius 1 is 1.40 bits per heavy atom. The van der Waals surface area contributed by atoms with Crippen molar-refractivity contribution in [3.05, 3.63) is 23.8 Å². The number of hydrogen-bond donors (Lipinski definition) is 2. The summed E-state index contributed by atoms with van der Waals surface area (Å²) in [4.78, 5) is 0. The summed E-state index contributed by atoms with van der Waals surface area (Å²) in [5, 5.41) is 12.0. The van der Waals surface area contributed by atoms with Gasteiger partial charge in [-0.05, 0) is 44.5 Å². The van der Waals surface area contributed by atoms with Crippen molar-refractivity contribution in [2.24, 2.45) is 0 Å². The van der Waals surface area contributed by atoms with E-state index in [-0.39, 0.29) is 5.54 Å². The van der Waals surface area contributed by atoms with Gasteiger partial charge in [0.05, 0.1) is 12.5 Å². The predicted molar refractivity (Wildman–Crippen MR) is 63.5 cm³/mol. The SMILES string of the molecule is CC(C)(C)Nc1ccc(N)c(CC#N)c1. The smallest absolute Gasteiger partial charge is 0.0670 e. The van der Waals surface area contributed by atoms with Crippen molar-refractivity contribution in [1.82, 2.24) is 0 Å². The van der Waals surface area contributed by atoms with Crippen LogP contribution in [0.25, 0.3) is 0 Å². The van der Waals surface area contributed by atoms with Gasteiger partial charge in [-0.2, -0.15) is 5.26 Å². The van der Waals surface area contributed by atoms with Crippen LogP contribution in [0.5, 0.6) is 0 Å². The summed E-state index contributed by atoms with van der Waals surface area (Å²) >= 11 is 0. The monoisotopic (exact) mass is 203 g/mol. The van der Waals surface area contributed by atoms with Gasteiger partial charge < -0.3 is 11.1 Å². The Kier molecular flexibility index (Phi) is 3.21. The lowest BCUT2D eigenvalue weighted by Gasteiger charge is -2.22. The van der Waals surface area contributed by atoms with Gasteiger partial charge in [0.2, 0.25) is 0 Å². The Balaban J connectivity index is 2.93. The Morgan fingerprint density at radius 2 is 2.07 bits per heavy atom. The Morgan fingerprint density at radius 3 is 2.60 bits per heavy atom. The van der Waals surface area contributed by atoms with E-state index in [0.29, 0.717) is 12.1 Å². The van der Waals surface area contributed by atoms with Crippen molar-refractivity contribution in [1.29, 1.82) is 5.26 Å².